The highest BCUT2D eigenvalue weighted by atomic mass is 35.5. The van der Waals surface area contributed by atoms with Crippen LogP contribution in [-0.4, -0.2) is 22.5 Å². The predicted octanol–water partition coefficient (Wildman–Crippen LogP) is 3.68. The number of amides is 1. The molecule has 1 fully saturated rings. The van der Waals surface area contributed by atoms with Gasteiger partial charge in [-0.3, -0.25) is 4.79 Å². The molecule has 0 bridgehead atoms. The second-order valence-corrected chi connectivity index (χ2v) is 5.90. The number of aryl methyl sites for hydroxylation is 1. The molecule has 1 amide bonds. The highest BCUT2D eigenvalue weighted by Gasteiger charge is 2.33. The lowest BCUT2D eigenvalue weighted by Gasteiger charge is -2.23. The monoisotopic (exact) mass is 322 g/mol. The van der Waals surface area contributed by atoms with Crippen LogP contribution in [0.5, 0.6) is 0 Å². The summed E-state index contributed by atoms with van der Waals surface area (Å²) in [6.45, 7) is 2.47. The number of carbonyl (C=O) groups excluding carboxylic acids is 1. The van der Waals surface area contributed by atoms with Crippen LogP contribution in [0.25, 0.3) is 0 Å². The molecule has 1 unspecified atom stereocenters. The largest absolute Gasteiger partial charge is 0.359 e. The highest BCUT2D eigenvalue weighted by molar-refractivity contribution is 6.31. The second kappa shape index (κ2) is 6.08. The van der Waals surface area contributed by atoms with Gasteiger partial charge in [0.05, 0.1) is 18.2 Å². The standard InChI is InChI=1S/C16H16ClFN2O2/c1-10-8-15(22-19-10)14-6-3-7-20(14)16(21)9-11-12(17)4-2-5-13(11)18/h2,4-5,8,14H,3,6-7,9H2,1H3. The molecule has 2 aromatic rings. The first-order valence-corrected chi connectivity index (χ1v) is 7.59. The molecular formula is C16H16ClFN2O2. The van der Waals surface area contributed by atoms with Gasteiger partial charge in [0.15, 0.2) is 5.76 Å². The van der Waals surface area contributed by atoms with Gasteiger partial charge in [0.2, 0.25) is 5.91 Å². The van der Waals surface area contributed by atoms with Gasteiger partial charge in [-0.05, 0) is 31.9 Å². The third-order valence-corrected chi connectivity index (χ3v) is 4.29. The van der Waals surface area contributed by atoms with Crippen LogP contribution < -0.4 is 0 Å². The number of hydrogen-bond acceptors (Lipinski definition) is 3. The summed E-state index contributed by atoms with van der Waals surface area (Å²) in [5.41, 5.74) is 1.03. The van der Waals surface area contributed by atoms with Gasteiger partial charge in [0, 0.05) is 23.2 Å². The van der Waals surface area contributed by atoms with E-state index in [2.05, 4.69) is 5.16 Å². The Kier molecular flexibility index (Phi) is 4.16. The predicted molar refractivity (Wildman–Crippen MR) is 80.0 cm³/mol. The first-order valence-electron chi connectivity index (χ1n) is 7.22. The fourth-order valence-electron chi connectivity index (χ4n) is 2.86. The zero-order valence-electron chi connectivity index (χ0n) is 12.2. The zero-order valence-corrected chi connectivity index (χ0v) is 12.9. The van der Waals surface area contributed by atoms with E-state index in [1.165, 1.54) is 12.1 Å². The summed E-state index contributed by atoms with van der Waals surface area (Å²) in [5, 5.41) is 4.15. The third kappa shape index (κ3) is 2.86. The lowest BCUT2D eigenvalue weighted by molar-refractivity contribution is -0.131. The van der Waals surface area contributed by atoms with E-state index < -0.39 is 5.82 Å². The molecule has 0 saturated carbocycles. The molecule has 0 radical (unpaired) electrons. The van der Waals surface area contributed by atoms with Crippen molar-refractivity contribution in [2.24, 2.45) is 0 Å². The van der Waals surface area contributed by atoms with E-state index in [9.17, 15) is 9.18 Å². The molecule has 0 aliphatic carbocycles. The van der Waals surface area contributed by atoms with E-state index in [0.29, 0.717) is 12.3 Å². The zero-order chi connectivity index (χ0) is 15.7. The Bertz CT molecular complexity index is 681. The van der Waals surface area contributed by atoms with Crippen molar-refractivity contribution in [1.29, 1.82) is 0 Å². The van der Waals surface area contributed by atoms with Gasteiger partial charge in [-0.1, -0.05) is 22.8 Å². The summed E-state index contributed by atoms with van der Waals surface area (Å²) in [6.07, 6.45) is 1.67. The normalized spacial score (nSPS) is 18.0. The number of benzene rings is 1. The lowest BCUT2D eigenvalue weighted by Crippen LogP contribution is -2.32. The minimum absolute atomic E-state index is 0.0465. The van der Waals surface area contributed by atoms with Gasteiger partial charge in [-0.25, -0.2) is 4.39 Å². The van der Waals surface area contributed by atoms with Crippen molar-refractivity contribution < 1.29 is 13.7 Å². The van der Waals surface area contributed by atoms with Crippen LogP contribution in [0.4, 0.5) is 4.39 Å². The maximum Gasteiger partial charge on any atom is 0.227 e. The first kappa shape index (κ1) is 15.0. The van der Waals surface area contributed by atoms with E-state index in [-0.39, 0.29) is 29.0 Å². The van der Waals surface area contributed by atoms with Gasteiger partial charge in [0.25, 0.3) is 0 Å². The summed E-state index contributed by atoms with van der Waals surface area (Å²) < 4.78 is 19.1. The van der Waals surface area contributed by atoms with E-state index >= 15 is 0 Å². The van der Waals surface area contributed by atoms with Crippen LogP contribution >= 0.6 is 11.6 Å². The molecule has 0 spiro atoms. The van der Waals surface area contributed by atoms with Gasteiger partial charge in [-0.2, -0.15) is 0 Å². The minimum atomic E-state index is -0.452. The minimum Gasteiger partial charge on any atom is -0.359 e. The van der Waals surface area contributed by atoms with Gasteiger partial charge in [-0.15, -0.1) is 0 Å². The molecule has 1 aromatic carbocycles. The van der Waals surface area contributed by atoms with E-state index in [1.807, 2.05) is 13.0 Å². The smallest absolute Gasteiger partial charge is 0.227 e. The van der Waals surface area contributed by atoms with E-state index in [0.717, 1.165) is 18.5 Å². The van der Waals surface area contributed by atoms with Crippen LogP contribution in [-0.2, 0) is 11.2 Å². The number of carbonyl (C=O) groups is 1. The number of hydrogen-bond donors (Lipinski definition) is 0. The molecule has 4 nitrogen and oxygen atoms in total. The van der Waals surface area contributed by atoms with Crippen LogP contribution in [0.3, 0.4) is 0 Å². The summed E-state index contributed by atoms with van der Waals surface area (Å²) in [6, 6.07) is 6.15. The van der Waals surface area contributed by atoms with Crippen LogP contribution in [0.1, 0.15) is 35.9 Å². The van der Waals surface area contributed by atoms with Gasteiger partial charge >= 0.3 is 0 Å². The molecule has 3 rings (SSSR count). The number of aromatic nitrogens is 1. The quantitative estimate of drug-likeness (QED) is 0.866. The topological polar surface area (TPSA) is 46.3 Å². The maximum atomic E-state index is 13.8. The lowest BCUT2D eigenvalue weighted by atomic mass is 10.1. The van der Waals surface area contributed by atoms with Crippen molar-refractivity contribution in [3.63, 3.8) is 0 Å². The fourth-order valence-corrected chi connectivity index (χ4v) is 3.09. The Balaban J connectivity index is 1.79. The molecule has 2 heterocycles. The van der Waals surface area contributed by atoms with Gasteiger partial charge < -0.3 is 9.42 Å². The van der Waals surface area contributed by atoms with Crippen molar-refractivity contribution >= 4 is 17.5 Å². The van der Waals surface area contributed by atoms with Gasteiger partial charge in [0.1, 0.15) is 5.82 Å². The second-order valence-electron chi connectivity index (χ2n) is 5.49. The van der Waals surface area contributed by atoms with E-state index in [4.69, 9.17) is 16.1 Å². The Hall–Kier alpha value is -1.88. The Morgan fingerprint density at radius 3 is 3.05 bits per heavy atom. The third-order valence-electron chi connectivity index (χ3n) is 3.94. The first-order chi connectivity index (χ1) is 10.6. The average molecular weight is 323 g/mol. The number of likely N-dealkylation sites (tertiary alicyclic amines) is 1. The van der Waals surface area contributed by atoms with Crippen LogP contribution in [0, 0.1) is 12.7 Å². The Labute approximate surface area is 132 Å². The maximum absolute atomic E-state index is 13.8. The number of rotatable bonds is 3. The molecule has 1 aliphatic rings. The van der Waals surface area contributed by atoms with Crippen molar-refractivity contribution in [1.82, 2.24) is 10.1 Å². The van der Waals surface area contributed by atoms with Crippen LogP contribution in [0.2, 0.25) is 5.02 Å². The highest BCUT2D eigenvalue weighted by Crippen LogP contribution is 2.33. The molecule has 1 saturated heterocycles. The fraction of sp³-hybridized carbons (Fsp3) is 0.375. The summed E-state index contributed by atoms with van der Waals surface area (Å²) in [7, 11) is 0. The Morgan fingerprint density at radius 1 is 1.55 bits per heavy atom. The molecule has 116 valence electrons. The van der Waals surface area contributed by atoms with Crippen molar-refractivity contribution in [2.75, 3.05) is 6.54 Å². The Morgan fingerprint density at radius 2 is 2.36 bits per heavy atom. The van der Waals surface area contributed by atoms with E-state index in [1.54, 1.807) is 11.0 Å². The van der Waals surface area contributed by atoms with Crippen molar-refractivity contribution in [3.8, 4) is 0 Å². The summed E-state index contributed by atoms with van der Waals surface area (Å²) >= 11 is 6.00. The number of halogens is 2. The van der Waals surface area contributed by atoms with Crippen molar-refractivity contribution in [3.05, 3.63) is 52.1 Å². The molecule has 6 heteroatoms. The molecule has 0 N–H and O–H groups in total. The molecule has 1 atom stereocenters. The average Bonchev–Trinajstić information content (AvgIpc) is 3.11. The van der Waals surface area contributed by atoms with Crippen LogP contribution in [0.15, 0.2) is 28.8 Å². The summed E-state index contributed by atoms with van der Waals surface area (Å²) in [5.74, 6) is 0.0821. The molecule has 22 heavy (non-hydrogen) atoms. The molecule has 1 aliphatic heterocycles. The number of nitrogens with zero attached hydrogens (tertiary/aromatic N) is 2. The SMILES string of the molecule is Cc1cc(C2CCCN2C(=O)Cc2c(F)cccc2Cl)on1. The molecule has 1 aromatic heterocycles. The van der Waals surface area contributed by atoms with Crippen molar-refractivity contribution in [2.45, 2.75) is 32.2 Å². The molecular weight excluding hydrogens is 307 g/mol. The summed E-state index contributed by atoms with van der Waals surface area (Å²) in [4.78, 5) is 14.3.